The summed E-state index contributed by atoms with van der Waals surface area (Å²) in [5.41, 5.74) is 0. The molecule has 2 unspecified atom stereocenters. The molecule has 1 fully saturated rings. The van der Waals surface area contributed by atoms with Gasteiger partial charge < -0.3 is 4.90 Å². The molecule has 0 aromatic rings. The number of hydrogen-bond acceptors (Lipinski definition) is 2. The number of nitrogens with zero attached hydrogens (tertiary/aromatic N) is 1. The lowest BCUT2D eigenvalue weighted by Gasteiger charge is -2.32. The van der Waals surface area contributed by atoms with Crippen LogP contribution in [0.5, 0.6) is 0 Å². The molecule has 0 N–H and O–H groups in total. The maximum atomic E-state index is 11.4. The molecule has 1 aliphatic rings. The highest BCUT2D eigenvalue weighted by molar-refractivity contribution is 5.83. The summed E-state index contributed by atoms with van der Waals surface area (Å²) in [6, 6.07) is 0. The van der Waals surface area contributed by atoms with E-state index < -0.39 is 0 Å². The van der Waals surface area contributed by atoms with E-state index in [0.717, 1.165) is 19.6 Å². The van der Waals surface area contributed by atoms with Gasteiger partial charge in [-0.25, -0.2) is 0 Å². The standard InChI is InChI=1S/C9H17NO/c1-4-10-5-7(2)9(11)8(3)6-10/h7-8H,4-6H2,1-3H3. The van der Waals surface area contributed by atoms with Crippen molar-refractivity contribution >= 4 is 5.78 Å². The van der Waals surface area contributed by atoms with Crippen LogP contribution in [0.3, 0.4) is 0 Å². The fraction of sp³-hybridized carbons (Fsp3) is 0.889. The van der Waals surface area contributed by atoms with Crippen molar-refractivity contribution in [3.63, 3.8) is 0 Å². The molecule has 0 spiro atoms. The Morgan fingerprint density at radius 3 is 2.18 bits per heavy atom. The van der Waals surface area contributed by atoms with Crippen LogP contribution in [0.4, 0.5) is 0 Å². The second-order valence-corrected chi connectivity index (χ2v) is 3.56. The Hall–Kier alpha value is -0.370. The molecule has 0 amide bonds. The van der Waals surface area contributed by atoms with Crippen molar-refractivity contribution in [2.45, 2.75) is 20.8 Å². The van der Waals surface area contributed by atoms with Crippen LogP contribution < -0.4 is 0 Å². The number of piperidine rings is 1. The zero-order valence-electron chi connectivity index (χ0n) is 7.63. The van der Waals surface area contributed by atoms with Crippen molar-refractivity contribution in [1.82, 2.24) is 4.90 Å². The Morgan fingerprint density at radius 2 is 1.82 bits per heavy atom. The Balaban J connectivity index is 2.54. The van der Waals surface area contributed by atoms with Gasteiger partial charge in [0.15, 0.2) is 0 Å². The summed E-state index contributed by atoms with van der Waals surface area (Å²) < 4.78 is 0. The van der Waals surface area contributed by atoms with Crippen molar-refractivity contribution in [2.24, 2.45) is 11.8 Å². The zero-order valence-corrected chi connectivity index (χ0v) is 7.63. The summed E-state index contributed by atoms with van der Waals surface area (Å²) in [6.07, 6.45) is 0. The van der Waals surface area contributed by atoms with Crippen LogP contribution in [0.25, 0.3) is 0 Å². The molecule has 0 aliphatic carbocycles. The number of hydrogen-bond donors (Lipinski definition) is 0. The van der Waals surface area contributed by atoms with Gasteiger partial charge >= 0.3 is 0 Å². The second-order valence-electron chi connectivity index (χ2n) is 3.56. The van der Waals surface area contributed by atoms with Gasteiger partial charge in [0.25, 0.3) is 0 Å². The minimum Gasteiger partial charge on any atom is -0.302 e. The Labute approximate surface area is 68.6 Å². The van der Waals surface area contributed by atoms with Crippen LogP contribution in [-0.4, -0.2) is 30.3 Å². The zero-order chi connectivity index (χ0) is 8.43. The van der Waals surface area contributed by atoms with Gasteiger partial charge in [-0.05, 0) is 6.54 Å². The maximum Gasteiger partial charge on any atom is 0.141 e. The van der Waals surface area contributed by atoms with Gasteiger partial charge in [-0.3, -0.25) is 4.79 Å². The smallest absolute Gasteiger partial charge is 0.141 e. The van der Waals surface area contributed by atoms with Gasteiger partial charge in [0.05, 0.1) is 0 Å². The second kappa shape index (κ2) is 3.35. The molecule has 1 heterocycles. The van der Waals surface area contributed by atoms with E-state index in [2.05, 4.69) is 11.8 Å². The summed E-state index contributed by atoms with van der Waals surface area (Å²) in [6.45, 7) is 9.19. The summed E-state index contributed by atoms with van der Waals surface area (Å²) in [5.74, 6) is 0.937. The highest BCUT2D eigenvalue weighted by Gasteiger charge is 2.28. The van der Waals surface area contributed by atoms with Crippen LogP contribution in [-0.2, 0) is 4.79 Å². The molecule has 0 aromatic carbocycles. The van der Waals surface area contributed by atoms with Crippen molar-refractivity contribution in [1.29, 1.82) is 0 Å². The van der Waals surface area contributed by atoms with Gasteiger partial charge in [-0.1, -0.05) is 20.8 Å². The van der Waals surface area contributed by atoms with E-state index in [1.165, 1.54) is 0 Å². The molecule has 1 saturated heterocycles. The lowest BCUT2D eigenvalue weighted by molar-refractivity contribution is -0.129. The molecule has 2 atom stereocenters. The van der Waals surface area contributed by atoms with Crippen LogP contribution in [0, 0.1) is 11.8 Å². The largest absolute Gasteiger partial charge is 0.302 e. The summed E-state index contributed by atoms with van der Waals surface area (Å²) in [7, 11) is 0. The molecule has 1 aliphatic heterocycles. The average molecular weight is 155 g/mol. The van der Waals surface area contributed by atoms with Crippen LogP contribution in [0.1, 0.15) is 20.8 Å². The number of carbonyl (C=O) groups is 1. The third-order valence-corrected chi connectivity index (χ3v) is 2.48. The van der Waals surface area contributed by atoms with Crippen LogP contribution in [0.2, 0.25) is 0 Å². The molecular weight excluding hydrogens is 138 g/mol. The van der Waals surface area contributed by atoms with Crippen molar-refractivity contribution in [3.05, 3.63) is 0 Å². The number of ketones is 1. The lowest BCUT2D eigenvalue weighted by atomic mass is 9.90. The lowest BCUT2D eigenvalue weighted by Crippen LogP contribution is -2.44. The molecular formula is C9H17NO. The van der Waals surface area contributed by atoms with E-state index in [1.807, 2.05) is 13.8 Å². The fourth-order valence-electron chi connectivity index (χ4n) is 1.77. The van der Waals surface area contributed by atoms with Crippen LogP contribution in [0.15, 0.2) is 0 Å². The van der Waals surface area contributed by atoms with E-state index in [9.17, 15) is 4.79 Å². The van der Waals surface area contributed by atoms with Gasteiger partial charge in [0.1, 0.15) is 5.78 Å². The number of likely N-dealkylation sites (tertiary alicyclic amines) is 1. The average Bonchev–Trinajstić information content (AvgIpc) is 1.99. The van der Waals surface area contributed by atoms with Gasteiger partial charge in [0.2, 0.25) is 0 Å². The Kier molecular flexibility index (Phi) is 2.66. The molecule has 1 rings (SSSR count). The van der Waals surface area contributed by atoms with E-state index in [-0.39, 0.29) is 11.8 Å². The summed E-state index contributed by atoms with van der Waals surface area (Å²) in [4.78, 5) is 13.7. The van der Waals surface area contributed by atoms with E-state index in [1.54, 1.807) is 0 Å². The topological polar surface area (TPSA) is 20.3 Å². The van der Waals surface area contributed by atoms with E-state index >= 15 is 0 Å². The van der Waals surface area contributed by atoms with Crippen molar-refractivity contribution < 1.29 is 4.79 Å². The molecule has 0 radical (unpaired) electrons. The Morgan fingerprint density at radius 1 is 1.36 bits per heavy atom. The van der Waals surface area contributed by atoms with Crippen LogP contribution >= 0.6 is 0 Å². The van der Waals surface area contributed by atoms with Crippen molar-refractivity contribution in [2.75, 3.05) is 19.6 Å². The molecule has 2 heteroatoms. The Bertz CT molecular complexity index is 142. The van der Waals surface area contributed by atoms with Gasteiger partial charge in [0, 0.05) is 24.9 Å². The first kappa shape index (κ1) is 8.72. The number of rotatable bonds is 1. The SMILES string of the molecule is CCN1CC(C)C(=O)C(C)C1. The highest BCUT2D eigenvalue weighted by Crippen LogP contribution is 2.16. The molecule has 2 nitrogen and oxygen atoms in total. The minimum atomic E-state index is 0.249. The minimum absolute atomic E-state index is 0.249. The molecule has 11 heavy (non-hydrogen) atoms. The molecule has 0 aromatic heterocycles. The summed E-state index contributed by atoms with van der Waals surface area (Å²) >= 11 is 0. The number of carbonyl (C=O) groups excluding carboxylic acids is 1. The third kappa shape index (κ3) is 1.80. The monoisotopic (exact) mass is 155 g/mol. The molecule has 0 bridgehead atoms. The van der Waals surface area contributed by atoms with Gasteiger partial charge in [-0.15, -0.1) is 0 Å². The van der Waals surface area contributed by atoms with Gasteiger partial charge in [-0.2, -0.15) is 0 Å². The highest BCUT2D eigenvalue weighted by atomic mass is 16.1. The third-order valence-electron chi connectivity index (χ3n) is 2.48. The maximum absolute atomic E-state index is 11.4. The summed E-state index contributed by atoms with van der Waals surface area (Å²) in [5, 5.41) is 0. The first-order valence-corrected chi connectivity index (χ1v) is 4.41. The fourth-order valence-corrected chi connectivity index (χ4v) is 1.77. The van der Waals surface area contributed by atoms with E-state index in [4.69, 9.17) is 0 Å². The first-order chi connectivity index (χ1) is 5.15. The quantitative estimate of drug-likeness (QED) is 0.566. The predicted octanol–water partition coefficient (Wildman–Crippen LogP) is 1.16. The molecule has 0 saturated carbocycles. The van der Waals surface area contributed by atoms with Crippen molar-refractivity contribution in [3.8, 4) is 0 Å². The number of Topliss-reactive ketones (excluding diaryl/α,β-unsaturated/α-hetero) is 1. The predicted molar refractivity (Wildman–Crippen MR) is 45.4 cm³/mol. The van der Waals surface area contributed by atoms with E-state index in [0.29, 0.717) is 5.78 Å². The normalized spacial score (nSPS) is 34.3. The molecule has 64 valence electrons. The first-order valence-electron chi connectivity index (χ1n) is 4.41.